The van der Waals surface area contributed by atoms with E-state index in [0.29, 0.717) is 5.92 Å². The summed E-state index contributed by atoms with van der Waals surface area (Å²) in [5.41, 5.74) is 1.15. The quantitative estimate of drug-likeness (QED) is 0.869. The first-order valence-corrected chi connectivity index (χ1v) is 6.98. The van der Waals surface area contributed by atoms with Gasteiger partial charge in [0, 0.05) is 0 Å². The molecule has 2 unspecified atom stereocenters. The average Bonchev–Trinajstić information content (AvgIpc) is 2.40. The highest BCUT2D eigenvalue weighted by atomic mass is 16.4. The third kappa shape index (κ3) is 2.92. The molecule has 0 radical (unpaired) electrons. The molecule has 0 spiro atoms. The van der Waals surface area contributed by atoms with Gasteiger partial charge in [-0.25, -0.2) is 0 Å². The second kappa shape index (κ2) is 6.03. The Morgan fingerprint density at radius 1 is 1.17 bits per heavy atom. The number of benzene rings is 1. The molecule has 1 aliphatic carbocycles. The third-order valence-electron chi connectivity index (χ3n) is 4.31. The lowest BCUT2D eigenvalue weighted by molar-refractivity contribution is -0.145. The van der Waals surface area contributed by atoms with E-state index in [9.17, 15) is 9.90 Å². The first-order valence-electron chi connectivity index (χ1n) is 6.98. The predicted octanol–water partition coefficient (Wildman–Crippen LogP) is 4.07. The van der Waals surface area contributed by atoms with Gasteiger partial charge < -0.3 is 5.11 Å². The highest BCUT2D eigenvalue weighted by Crippen LogP contribution is 2.38. The van der Waals surface area contributed by atoms with Crippen LogP contribution in [0.15, 0.2) is 30.3 Å². The van der Waals surface area contributed by atoms with E-state index in [1.807, 2.05) is 30.3 Å². The summed E-state index contributed by atoms with van der Waals surface area (Å²) in [6.07, 6.45) is 5.80. The zero-order valence-corrected chi connectivity index (χ0v) is 11.0. The van der Waals surface area contributed by atoms with E-state index in [2.05, 4.69) is 6.92 Å². The lowest BCUT2D eigenvalue weighted by Crippen LogP contribution is -2.30. The largest absolute Gasteiger partial charge is 0.481 e. The van der Waals surface area contributed by atoms with Gasteiger partial charge in [0.1, 0.15) is 0 Å². The van der Waals surface area contributed by atoms with Crippen LogP contribution in [0.3, 0.4) is 0 Å². The van der Waals surface area contributed by atoms with E-state index in [1.165, 1.54) is 19.3 Å². The van der Waals surface area contributed by atoms with E-state index in [4.69, 9.17) is 0 Å². The number of carboxylic acid groups (broad SMARTS) is 1. The average molecular weight is 246 g/mol. The lowest BCUT2D eigenvalue weighted by atomic mass is 9.72. The summed E-state index contributed by atoms with van der Waals surface area (Å²) in [6.45, 7) is 2.06. The van der Waals surface area contributed by atoms with E-state index in [1.54, 1.807) is 0 Å². The zero-order chi connectivity index (χ0) is 13.0. The van der Waals surface area contributed by atoms with Crippen molar-refractivity contribution in [3.8, 4) is 0 Å². The zero-order valence-electron chi connectivity index (χ0n) is 11.0. The first-order chi connectivity index (χ1) is 8.70. The molecule has 2 atom stereocenters. The number of carboxylic acids is 1. The normalized spacial score (nSPS) is 20.3. The highest BCUT2D eigenvalue weighted by Gasteiger charge is 2.34. The first kappa shape index (κ1) is 13.1. The van der Waals surface area contributed by atoms with Gasteiger partial charge in [0.2, 0.25) is 0 Å². The van der Waals surface area contributed by atoms with Crippen LogP contribution in [-0.4, -0.2) is 11.1 Å². The van der Waals surface area contributed by atoms with Crippen LogP contribution in [0.25, 0.3) is 0 Å². The van der Waals surface area contributed by atoms with Crippen LogP contribution in [0.1, 0.15) is 50.5 Å². The maximum absolute atomic E-state index is 11.6. The predicted molar refractivity (Wildman–Crippen MR) is 72.6 cm³/mol. The maximum atomic E-state index is 11.6. The molecule has 0 amide bonds. The van der Waals surface area contributed by atoms with Crippen LogP contribution < -0.4 is 0 Å². The van der Waals surface area contributed by atoms with Crippen molar-refractivity contribution in [2.24, 2.45) is 11.8 Å². The molecule has 1 saturated carbocycles. The van der Waals surface area contributed by atoms with E-state index >= 15 is 0 Å². The molecule has 98 valence electrons. The third-order valence-corrected chi connectivity index (χ3v) is 4.31. The van der Waals surface area contributed by atoms with Crippen molar-refractivity contribution in [2.75, 3.05) is 0 Å². The molecule has 2 heteroatoms. The maximum Gasteiger partial charge on any atom is 0.307 e. The van der Waals surface area contributed by atoms with Gasteiger partial charge in [0.05, 0.1) is 5.92 Å². The van der Waals surface area contributed by atoms with Crippen molar-refractivity contribution < 1.29 is 9.90 Å². The number of rotatable bonds is 4. The van der Waals surface area contributed by atoms with Gasteiger partial charge in [-0.1, -0.05) is 56.5 Å². The van der Waals surface area contributed by atoms with Gasteiger partial charge in [-0.2, -0.15) is 0 Å². The Hall–Kier alpha value is -1.31. The minimum absolute atomic E-state index is 0.104. The molecule has 2 rings (SSSR count). The number of aliphatic carboxylic acids is 1. The van der Waals surface area contributed by atoms with Gasteiger partial charge >= 0.3 is 5.97 Å². The molecule has 0 heterocycles. The molecular formula is C16H22O2. The van der Waals surface area contributed by atoms with Crippen LogP contribution in [0.5, 0.6) is 0 Å². The van der Waals surface area contributed by atoms with Crippen molar-refractivity contribution in [1.82, 2.24) is 0 Å². The van der Waals surface area contributed by atoms with Crippen molar-refractivity contribution in [1.29, 1.82) is 0 Å². The molecule has 0 bridgehead atoms. The van der Waals surface area contributed by atoms with Gasteiger partial charge in [-0.3, -0.25) is 4.79 Å². The van der Waals surface area contributed by atoms with Crippen molar-refractivity contribution in [3.63, 3.8) is 0 Å². The fourth-order valence-corrected chi connectivity index (χ4v) is 3.28. The Labute approximate surface area is 109 Å². The lowest BCUT2D eigenvalue weighted by Gasteiger charge is -2.31. The van der Waals surface area contributed by atoms with Crippen LogP contribution in [-0.2, 0) is 4.79 Å². The number of hydrogen-bond donors (Lipinski definition) is 1. The molecule has 18 heavy (non-hydrogen) atoms. The van der Waals surface area contributed by atoms with Crippen LogP contribution in [0.4, 0.5) is 0 Å². The highest BCUT2D eigenvalue weighted by molar-refractivity contribution is 5.71. The molecule has 0 saturated heterocycles. The van der Waals surface area contributed by atoms with Gasteiger partial charge in [0.15, 0.2) is 0 Å². The van der Waals surface area contributed by atoms with Crippen molar-refractivity contribution in [2.45, 2.75) is 44.9 Å². The SMILES string of the molecule is CC(c1ccccc1)C(C(=O)O)C1CCCCC1. The van der Waals surface area contributed by atoms with Gasteiger partial charge in [-0.15, -0.1) is 0 Å². The monoisotopic (exact) mass is 246 g/mol. The second-order valence-corrected chi connectivity index (χ2v) is 5.46. The van der Waals surface area contributed by atoms with E-state index in [-0.39, 0.29) is 11.8 Å². The molecule has 1 aromatic rings. The summed E-state index contributed by atoms with van der Waals surface area (Å²) in [5, 5.41) is 9.56. The fourth-order valence-electron chi connectivity index (χ4n) is 3.28. The Balaban J connectivity index is 2.16. The summed E-state index contributed by atoms with van der Waals surface area (Å²) in [4.78, 5) is 11.6. The van der Waals surface area contributed by atoms with Crippen molar-refractivity contribution in [3.05, 3.63) is 35.9 Å². The van der Waals surface area contributed by atoms with Gasteiger partial charge in [0.25, 0.3) is 0 Å². The number of hydrogen-bond acceptors (Lipinski definition) is 1. The summed E-state index contributed by atoms with van der Waals surface area (Å²) in [6, 6.07) is 10.1. The molecule has 1 N–H and O–H groups in total. The fraction of sp³-hybridized carbons (Fsp3) is 0.562. The molecular weight excluding hydrogens is 224 g/mol. The van der Waals surface area contributed by atoms with E-state index in [0.717, 1.165) is 18.4 Å². The Bertz CT molecular complexity index is 379. The Morgan fingerprint density at radius 3 is 2.33 bits per heavy atom. The summed E-state index contributed by atoms with van der Waals surface area (Å²) in [5.74, 6) is -0.399. The number of carbonyl (C=O) groups is 1. The minimum atomic E-state index is -0.627. The molecule has 1 aliphatic rings. The Kier molecular flexibility index (Phi) is 4.40. The Morgan fingerprint density at radius 2 is 1.78 bits per heavy atom. The summed E-state index contributed by atoms with van der Waals surface area (Å²) >= 11 is 0. The molecule has 2 nitrogen and oxygen atoms in total. The molecule has 0 aromatic heterocycles. The molecule has 1 fully saturated rings. The minimum Gasteiger partial charge on any atom is -0.481 e. The van der Waals surface area contributed by atoms with Crippen LogP contribution in [0, 0.1) is 11.8 Å². The second-order valence-electron chi connectivity index (χ2n) is 5.46. The summed E-state index contributed by atoms with van der Waals surface area (Å²) in [7, 11) is 0. The molecule has 1 aromatic carbocycles. The summed E-state index contributed by atoms with van der Waals surface area (Å²) < 4.78 is 0. The van der Waals surface area contributed by atoms with Crippen LogP contribution in [0.2, 0.25) is 0 Å². The van der Waals surface area contributed by atoms with E-state index < -0.39 is 5.97 Å². The van der Waals surface area contributed by atoms with Crippen molar-refractivity contribution >= 4 is 5.97 Å². The van der Waals surface area contributed by atoms with Gasteiger partial charge in [-0.05, 0) is 30.2 Å². The molecule has 0 aliphatic heterocycles. The topological polar surface area (TPSA) is 37.3 Å². The smallest absolute Gasteiger partial charge is 0.307 e. The van der Waals surface area contributed by atoms with Crippen LogP contribution >= 0.6 is 0 Å². The standard InChI is InChI=1S/C16H22O2/c1-12(13-8-4-2-5-9-13)15(16(17)18)14-10-6-3-7-11-14/h2,4-5,8-9,12,14-15H,3,6-7,10-11H2,1H3,(H,17,18).